The number of Topliss-reactive ketones (excluding diaryl/α,β-unsaturated/α-hetero) is 1. The third-order valence-electron chi connectivity index (χ3n) is 2.78. The maximum atomic E-state index is 12.2. The van der Waals surface area contributed by atoms with Crippen LogP contribution >= 0.6 is 0 Å². The summed E-state index contributed by atoms with van der Waals surface area (Å²) in [7, 11) is 2.99. The van der Waals surface area contributed by atoms with E-state index in [0.29, 0.717) is 22.4 Å². The van der Waals surface area contributed by atoms with Crippen molar-refractivity contribution in [1.82, 2.24) is 4.98 Å². The summed E-state index contributed by atoms with van der Waals surface area (Å²) in [5, 5.41) is 0.324. The molecule has 1 aromatic carbocycles. The molecular weight excluding hydrogens is 234 g/mol. The van der Waals surface area contributed by atoms with Gasteiger partial charge in [-0.05, 0) is 19.1 Å². The quantitative estimate of drug-likeness (QED) is 0.839. The Kier molecular flexibility index (Phi) is 3.06. The summed E-state index contributed by atoms with van der Waals surface area (Å²) in [5.74, 6) is 0.649. The Labute approximate surface area is 103 Å². The van der Waals surface area contributed by atoms with Gasteiger partial charge in [0.05, 0.1) is 30.7 Å². The number of pyridine rings is 1. The third-order valence-corrected chi connectivity index (χ3v) is 2.78. The van der Waals surface area contributed by atoms with Gasteiger partial charge in [-0.3, -0.25) is 9.59 Å². The van der Waals surface area contributed by atoms with Crippen molar-refractivity contribution in [2.24, 2.45) is 0 Å². The molecule has 0 atom stereocenters. The van der Waals surface area contributed by atoms with Crippen molar-refractivity contribution >= 4 is 16.7 Å². The maximum Gasteiger partial charge on any atom is 0.204 e. The van der Waals surface area contributed by atoms with Gasteiger partial charge in [0.25, 0.3) is 0 Å². The lowest BCUT2D eigenvalue weighted by Gasteiger charge is -2.09. The summed E-state index contributed by atoms with van der Waals surface area (Å²) >= 11 is 0. The molecule has 0 amide bonds. The minimum Gasteiger partial charge on any atom is -0.496 e. The SMILES string of the molecule is COc1ccc(OC)c2c(=O)c(C(C)=O)c[nH]c12. The van der Waals surface area contributed by atoms with E-state index < -0.39 is 0 Å². The van der Waals surface area contributed by atoms with Crippen molar-refractivity contribution in [3.63, 3.8) is 0 Å². The molecule has 2 aromatic rings. The van der Waals surface area contributed by atoms with Crippen molar-refractivity contribution in [2.45, 2.75) is 6.92 Å². The lowest BCUT2D eigenvalue weighted by atomic mass is 10.1. The van der Waals surface area contributed by atoms with Crippen LogP contribution in [0.5, 0.6) is 11.5 Å². The Hall–Kier alpha value is -2.30. The molecule has 0 bridgehead atoms. The number of hydrogen-bond acceptors (Lipinski definition) is 4. The highest BCUT2D eigenvalue weighted by molar-refractivity contribution is 5.99. The molecule has 0 radical (unpaired) electrons. The van der Waals surface area contributed by atoms with Crippen molar-refractivity contribution in [2.75, 3.05) is 14.2 Å². The Balaban J connectivity index is 2.95. The van der Waals surface area contributed by atoms with Crippen molar-refractivity contribution in [3.8, 4) is 11.5 Å². The summed E-state index contributed by atoms with van der Waals surface area (Å²) in [4.78, 5) is 26.5. The number of fused-ring (bicyclic) bond motifs is 1. The smallest absolute Gasteiger partial charge is 0.204 e. The van der Waals surface area contributed by atoms with Gasteiger partial charge < -0.3 is 14.5 Å². The van der Waals surface area contributed by atoms with Crippen LogP contribution in [-0.4, -0.2) is 25.0 Å². The van der Waals surface area contributed by atoms with E-state index in [1.54, 1.807) is 12.1 Å². The number of hydrogen-bond donors (Lipinski definition) is 1. The highest BCUT2D eigenvalue weighted by Gasteiger charge is 2.15. The van der Waals surface area contributed by atoms with Gasteiger partial charge in [-0.25, -0.2) is 0 Å². The van der Waals surface area contributed by atoms with Crippen molar-refractivity contribution < 1.29 is 14.3 Å². The van der Waals surface area contributed by atoms with E-state index in [1.807, 2.05) is 0 Å². The summed E-state index contributed by atoms with van der Waals surface area (Å²) < 4.78 is 10.3. The van der Waals surface area contributed by atoms with Crippen molar-refractivity contribution in [1.29, 1.82) is 0 Å². The van der Waals surface area contributed by atoms with Gasteiger partial charge in [0, 0.05) is 6.20 Å². The zero-order chi connectivity index (χ0) is 13.3. The molecule has 94 valence electrons. The minimum absolute atomic E-state index is 0.106. The molecule has 0 aliphatic carbocycles. The standard InChI is InChI=1S/C13H13NO4/c1-7(15)8-6-14-12-10(18-3)5-4-9(17-2)11(12)13(8)16/h4-6H,1-3H3,(H,14,16). The fourth-order valence-corrected chi connectivity index (χ4v) is 1.88. The van der Waals surface area contributed by atoms with Gasteiger partial charge in [0.2, 0.25) is 5.43 Å². The van der Waals surface area contributed by atoms with Crippen LogP contribution in [0.25, 0.3) is 10.9 Å². The number of aromatic amines is 1. The number of ether oxygens (including phenoxy) is 2. The Morgan fingerprint density at radius 3 is 2.33 bits per heavy atom. The van der Waals surface area contributed by atoms with Crippen LogP contribution < -0.4 is 14.9 Å². The monoisotopic (exact) mass is 247 g/mol. The molecule has 0 spiro atoms. The van der Waals surface area contributed by atoms with E-state index in [2.05, 4.69) is 4.98 Å². The normalized spacial score (nSPS) is 10.4. The average Bonchev–Trinajstić information content (AvgIpc) is 2.37. The molecule has 5 nitrogen and oxygen atoms in total. The molecule has 0 saturated heterocycles. The van der Waals surface area contributed by atoms with Crippen LogP contribution in [0.3, 0.4) is 0 Å². The predicted molar refractivity (Wildman–Crippen MR) is 67.7 cm³/mol. The minimum atomic E-state index is -0.355. The maximum absolute atomic E-state index is 12.2. The van der Waals surface area contributed by atoms with E-state index in [1.165, 1.54) is 27.3 Å². The number of H-pyrrole nitrogens is 1. The number of rotatable bonds is 3. The number of aromatic nitrogens is 1. The Bertz CT molecular complexity index is 672. The second-order valence-corrected chi connectivity index (χ2v) is 3.81. The van der Waals surface area contributed by atoms with Crippen molar-refractivity contribution in [3.05, 3.63) is 34.1 Å². The first-order valence-electron chi connectivity index (χ1n) is 5.37. The second kappa shape index (κ2) is 4.52. The molecule has 0 saturated carbocycles. The summed E-state index contributed by atoms with van der Waals surface area (Å²) in [6.45, 7) is 1.35. The average molecular weight is 247 g/mol. The number of carbonyl (C=O) groups excluding carboxylic acids is 1. The van der Waals surface area contributed by atoms with Gasteiger partial charge in [0.1, 0.15) is 11.5 Å². The van der Waals surface area contributed by atoms with Crippen LogP contribution in [0.4, 0.5) is 0 Å². The van der Waals surface area contributed by atoms with Crippen LogP contribution in [0, 0.1) is 0 Å². The second-order valence-electron chi connectivity index (χ2n) is 3.81. The number of nitrogens with one attached hydrogen (secondary N) is 1. The topological polar surface area (TPSA) is 68.4 Å². The van der Waals surface area contributed by atoms with Gasteiger partial charge >= 0.3 is 0 Å². The molecule has 0 aliphatic rings. The molecule has 1 N–H and O–H groups in total. The lowest BCUT2D eigenvalue weighted by Crippen LogP contribution is -2.14. The fraction of sp³-hybridized carbons (Fsp3) is 0.231. The van der Waals surface area contributed by atoms with E-state index in [9.17, 15) is 9.59 Å². The van der Waals surface area contributed by atoms with E-state index >= 15 is 0 Å². The van der Waals surface area contributed by atoms with E-state index in [4.69, 9.17) is 9.47 Å². The van der Waals surface area contributed by atoms with Crippen LogP contribution in [-0.2, 0) is 0 Å². The number of benzene rings is 1. The Morgan fingerprint density at radius 2 is 1.78 bits per heavy atom. The first-order chi connectivity index (χ1) is 8.60. The summed E-state index contributed by atoms with van der Waals surface area (Å²) in [5.41, 5.74) is 0.271. The molecule has 1 heterocycles. The molecule has 18 heavy (non-hydrogen) atoms. The predicted octanol–water partition coefficient (Wildman–Crippen LogP) is 1.75. The van der Waals surface area contributed by atoms with Gasteiger partial charge in [-0.1, -0.05) is 0 Å². The molecule has 0 aliphatic heterocycles. The first-order valence-corrected chi connectivity index (χ1v) is 5.37. The largest absolute Gasteiger partial charge is 0.496 e. The lowest BCUT2D eigenvalue weighted by molar-refractivity contribution is 0.101. The van der Waals surface area contributed by atoms with Gasteiger partial charge in [-0.2, -0.15) is 0 Å². The van der Waals surface area contributed by atoms with Gasteiger partial charge in [-0.15, -0.1) is 0 Å². The Morgan fingerprint density at radius 1 is 1.17 bits per heavy atom. The fourth-order valence-electron chi connectivity index (χ4n) is 1.88. The molecule has 1 aromatic heterocycles. The molecule has 0 fully saturated rings. The molecule has 2 rings (SSSR count). The molecular formula is C13H13NO4. The van der Waals surface area contributed by atoms with Crippen LogP contribution in [0.1, 0.15) is 17.3 Å². The van der Waals surface area contributed by atoms with Crippen LogP contribution in [0.2, 0.25) is 0 Å². The highest BCUT2D eigenvalue weighted by Crippen LogP contribution is 2.29. The van der Waals surface area contributed by atoms with E-state index in [0.717, 1.165) is 0 Å². The number of ketones is 1. The summed E-state index contributed by atoms with van der Waals surface area (Å²) in [6.07, 6.45) is 1.40. The van der Waals surface area contributed by atoms with Crippen LogP contribution in [0.15, 0.2) is 23.1 Å². The summed E-state index contributed by atoms with van der Waals surface area (Å²) in [6, 6.07) is 3.34. The van der Waals surface area contributed by atoms with E-state index in [-0.39, 0.29) is 16.8 Å². The first kappa shape index (κ1) is 12.2. The molecule has 5 heteroatoms. The number of methoxy groups -OCH3 is 2. The highest BCUT2D eigenvalue weighted by atomic mass is 16.5. The molecule has 0 unspecified atom stereocenters. The third kappa shape index (κ3) is 1.73. The zero-order valence-electron chi connectivity index (χ0n) is 10.4. The van der Waals surface area contributed by atoms with Gasteiger partial charge in [0.15, 0.2) is 5.78 Å². The number of carbonyl (C=O) groups is 1. The zero-order valence-corrected chi connectivity index (χ0v) is 10.4.